The van der Waals surface area contributed by atoms with Crippen LogP contribution in [-0.2, 0) is 0 Å². The van der Waals surface area contributed by atoms with Gasteiger partial charge >= 0.3 is 0 Å². The zero-order valence-electron chi connectivity index (χ0n) is 2.23. The van der Waals surface area contributed by atoms with Crippen LogP contribution in [0.5, 0.6) is 0 Å². The van der Waals surface area contributed by atoms with Gasteiger partial charge in [-0.05, 0) is 0 Å². The Morgan fingerprint density at radius 1 is 1.80 bits per heavy atom. The molecule has 0 aromatic heterocycles. The second kappa shape index (κ2) is 9.24. The van der Waals surface area contributed by atoms with Crippen LogP contribution in [-0.4, -0.2) is 17.4 Å². The van der Waals surface area contributed by atoms with Crippen LogP contribution in [0.3, 0.4) is 0 Å². The van der Waals surface area contributed by atoms with Gasteiger partial charge in [0, 0.05) is 6.08 Å². The second-order valence-corrected chi connectivity index (χ2v) is 0.333. The lowest BCUT2D eigenvalue weighted by molar-refractivity contribution is 1.54. The number of hydrogen-bond acceptors (Lipinski definition) is 1. The minimum atomic E-state index is 0. The molecule has 0 aliphatic rings. The fourth-order valence-corrected chi connectivity index (χ4v) is 0. The molecule has 0 amide bonds. The van der Waals surface area contributed by atoms with Gasteiger partial charge in [0.15, 0.2) is 17.4 Å². The monoisotopic (exact) mass is 83.0 g/mol. The van der Waals surface area contributed by atoms with Gasteiger partial charge in [0.05, 0.1) is 6.07 Å². The summed E-state index contributed by atoms with van der Waals surface area (Å²) >= 11 is 0. The molecule has 0 atom stereocenters. The molecule has 0 rings (SSSR count). The van der Waals surface area contributed by atoms with E-state index < -0.39 is 0 Å². The first-order valence-electron chi connectivity index (χ1n) is 0.921. The number of hydrogen-bond donors (Lipinski definition) is 0. The Morgan fingerprint density at radius 3 is 2.00 bits per heavy atom. The molecule has 5 heavy (non-hydrogen) atoms. The molecule has 26 valence electrons. The molecule has 0 aliphatic carbocycles. The molecule has 0 N–H and O–H groups in total. The number of nitriles is 1. The third-order valence-corrected chi connectivity index (χ3v) is 0.0913. The fraction of sp³-hybridized carbons (Fsp3) is 0. The maximum atomic E-state index is 7.51. The molecule has 0 heterocycles. The molecule has 2 heteroatoms. The van der Waals surface area contributed by atoms with Gasteiger partial charge in [0.2, 0.25) is 0 Å². The van der Waals surface area contributed by atoms with Gasteiger partial charge in [-0.1, -0.05) is 6.58 Å². The van der Waals surface area contributed by atoms with Gasteiger partial charge in [-0.2, -0.15) is 5.26 Å². The Morgan fingerprint density at radius 2 is 2.00 bits per heavy atom. The molecule has 0 saturated carbocycles. The van der Waals surface area contributed by atoms with E-state index in [1.807, 2.05) is 0 Å². The molecular weight excluding hydrogens is 77.0 g/mol. The summed E-state index contributed by atoms with van der Waals surface area (Å²) < 4.78 is 0. The molecule has 0 aromatic carbocycles. The van der Waals surface area contributed by atoms with E-state index >= 15 is 0 Å². The van der Waals surface area contributed by atoms with E-state index in [2.05, 4.69) is 6.58 Å². The van der Waals surface area contributed by atoms with Gasteiger partial charge < -0.3 is 0 Å². The molecule has 1 nitrogen and oxygen atoms in total. The molecule has 0 aromatic rings. The summed E-state index contributed by atoms with van der Waals surface area (Å²) in [6.07, 6.45) is 1.18. The van der Waals surface area contributed by atoms with Crippen LogP contribution in [0.15, 0.2) is 12.7 Å². The maximum absolute atomic E-state index is 7.51. The predicted molar refractivity (Wildman–Crippen MR) is 25.7 cm³/mol. The summed E-state index contributed by atoms with van der Waals surface area (Å²) in [5.74, 6) is 0. The zero-order chi connectivity index (χ0) is 3.41. The first-order valence-corrected chi connectivity index (χ1v) is 0.921. The van der Waals surface area contributed by atoms with Crippen LogP contribution in [0.1, 0.15) is 0 Å². The summed E-state index contributed by atoms with van der Waals surface area (Å²) in [5, 5.41) is 7.51. The van der Waals surface area contributed by atoms with Crippen molar-refractivity contribution in [1.29, 1.82) is 5.26 Å². The van der Waals surface area contributed by atoms with Gasteiger partial charge in [-0.3, -0.25) is 0 Å². The molecule has 0 spiro atoms. The minimum Gasteiger partial charge on any atom is -0.193 e. The van der Waals surface area contributed by atoms with Crippen molar-refractivity contribution in [3.05, 3.63) is 12.7 Å². The van der Waals surface area contributed by atoms with E-state index in [1.54, 1.807) is 6.07 Å². The molecule has 0 saturated heterocycles. The van der Waals surface area contributed by atoms with Crippen molar-refractivity contribution < 1.29 is 0 Å². The Labute approximate surface area is 42.0 Å². The largest absolute Gasteiger partial charge is 0.193 e. The number of rotatable bonds is 0. The number of allylic oxidation sites excluding steroid dienone is 1. The molecular formula is C3H6AlN. The van der Waals surface area contributed by atoms with Crippen molar-refractivity contribution in [2.75, 3.05) is 0 Å². The lowest BCUT2D eigenvalue weighted by Crippen LogP contribution is -1.23. The maximum Gasteiger partial charge on any atom is 0.187 e. The molecule has 0 fully saturated rings. The summed E-state index contributed by atoms with van der Waals surface area (Å²) in [5.41, 5.74) is 0. The quantitative estimate of drug-likeness (QED) is 0.286. The first kappa shape index (κ1) is 8.83. The van der Waals surface area contributed by atoms with Gasteiger partial charge in [0.1, 0.15) is 0 Å². The fourth-order valence-electron chi connectivity index (χ4n) is 0. The third-order valence-electron chi connectivity index (χ3n) is 0.0913. The van der Waals surface area contributed by atoms with Gasteiger partial charge in [-0.15, -0.1) is 0 Å². The second-order valence-electron chi connectivity index (χ2n) is 0.333. The van der Waals surface area contributed by atoms with E-state index in [0.717, 1.165) is 0 Å². The molecule has 0 radical (unpaired) electrons. The predicted octanol–water partition coefficient (Wildman–Crippen LogP) is -0.488. The highest BCUT2D eigenvalue weighted by atomic mass is 27.0. The van der Waals surface area contributed by atoms with Crippen LogP contribution in [0.4, 0.5) is 0 Å². The Hall–Kier alpha value is -0.238. The van der Waals surface area contributed by atoms with E-state index in [9.17, 15) is 0 Å². The van der Waals surface area contributed by atoms with Crippen LogP contribution in [0.25, 0.3) is 0 Å². The van der Waals surface area contributed by atoms with Crippen molar-refractivity contribution in [1.82, 2.24) is 0 Å². The Balaban J connectivity index is 0. The zero-order valence-corrected chi connectivity index (χ0v) is 2.23. The lowest BCUT2D eigenvalue weighted by atomic mass is 10.8. The Bertz CT molecular complexity index is 52.4. The lowest BCUT2D eigenvalue weighted by Gasteiger charge is -1.31. The van der Waals surface area contributed by atoms with E-state index in [1.165, 1.54) is 6.08 Å². The highest BCUT2D eigenvalue weighted by Gasteiger charge is 1.34. The normalized spacial score (nSPS) is 3.00. The summed E-state index contributed by atoms with van der Waals surface area (Å²) in [4.78, 5) is 0. The average molecular weight is 83.1 g/mol. The Kier molecular flexibility index (Phi) is 16.3. The smallest absolute Gasteiger partial charge is 0.187 e. The van der Waals surface area contributed by atoms with Crippen LogP contribution >= 0.6 is 0 Å². The highest BCUT2D eigenvalue weighted by molar-refractivity contribution is 5.75. The van der Waals surface area contributed by atoms with E-state index in [4.69, 9.17) is 5.26 Å². The van der Waals surface area contributed by atoms with Crippen molar-refractivity contribution in [2.45, 2.75) is 0 Å². The van der Waals surface area contributed by atoms with E-state index in [-0.39, 0.29) is 17.4 Å². The van der Waals surface area contributed by atoms with Gasteiger partial charge in [0.25, 0.3) is 0 Å². The molecule has 0 aliphatic heterocycles. The summed E-state index contributed by atoms with van der Waals surface area (Å²) in [6, 6.07) is 1.69. The average Bonchev–Trinajstić information content (AvgIpc) is 1.37. The van der Waals surface area contributed by atoms with Crippen molar-refractivity contribution in [3.63, 3.8) is 0 Å². The SMILES string of the molecule is C=CC#N.[AlH3]. The third kappa shape index (κ3) is 20.1. The highest BCUT2D eigenvalue weighted by Crippen LogP contribution is 1.41. The van der Waals surface area contributed by atoms with Gasteiger partial charge in [-0.25, -0.2) is 0 Å². The molecule has 0 bridgehead atoms. The van der Waals surface area contributed by atoms with Crippen molar-refractivity contribution in [3.8, 4) is 6.07 Å². The van der Waals surface area contributed by atoms with Crippen molar-refractivity contribution in [2.24, 2.45) is 0 Å². The molecule has 0 unspecified atom stereocenters. The van der Waals surface area contributed by atoms with Crippen molar-refractivity contribution >= 4 is 17.4 Å². The van der Waals surface area contributed by atoms with Crippen LogP contribution in [0, 0.1) is 11.3 Å². The summed E-state index contributed by atoms with van der Waals surface area (Å²) in [7, 11) is 0. The van der Waals surface area contributed by atoms with E-state index in [0.29, 0.717) is 0 Å². The minimum absolute atomic E-state index is 0. The number of nitrogens with zero attached hydrogens (tertiary/aromatic N) is 1. The standard InChI is InChI=1S/C3H3N.Al.3H/c1-2-3-4;;;;/h2H,1H2;;;;. The topological polar surface area (TPSA) is 23.8 Å². The first-order chi connectivity index (χ1) is 1.91. The summed E-state index contributed by atoms with van der Waals surface area (Å²) in [6.45, 7) is 3.12. The van der Waals surface area contributed by atoms with Crippen LogP contribution < -0.4 is 0 Å². The van der Waals surface area contributed by atoms with Crippen LogP contribution in [0.2, 0.25) is 0 Å².